The van der Waals surface area contributed by atoms with Gasteiger partial charge in [-0.15, -0.1) is 0 Å². The van der Waals surface area contributed by atoms with Crippen LogP contribution in [-0.4, -0.2) is 57.2 Å². The molecule has 0 N–H and O–H groups in total. The Morgan fingerprint density at radius 2 is 1.35 bits per heavy atom. The molecule has 63 heavy (non-hydrogen) atoms. The van der Waals surface area contributed by atoms with Crippen LogP contribution in [0.3, 0.4) is 0 Å². The summed E-state index contributed by atoms with van der Waals surface area (Å²) in [6.07, 6.45) is 7.51. The average Bonchev–Trinajstić information content (AvgIpc) is 3.59. The first-order chi connectivity index (χ1) is 30.0. The zero-order chi connectivity index (χ0) is 45.7. The molecule has 0 amide bonds. The van der Waals surface area contributed by atoms with Crippen molar-refractivity contribution in [1.82, 2.24) is 0 Å². The van der Waals surface area contributed by atoms with E-state index in [1.54, 1.807) is 12.1 Å². The summed E-state index contributed by atoms with van der Waals surface area (Å²) >= 11 is 0. The van der Waals surface area contributed by atoms with Crippen molar-refractivity contribution in [2.45, 2.75) is 51.9 Å². The van der Waals surface area contributed by atoms with Gasteiger partial charge in [0.2, 0.25) is 16.1 Å². The lowest BCUT2D eigenvalue weighted by Gasteiger charge is -2.24. The number of ether oxygens (including phenoxy) is 2. The zero-order valence-corrected chi connectivity index (χ0v) is 37.0. The molecule has 0 aromatic heterocycles. The standard InChI is InChI=1S/C33H33N2.C17H14N4O6S/c1-32(2)28(34(5)26-20-18-22-12-7-9-14-24(22)30(26)32)16-11-17-29-33(3,4)31-25-15-10-8-13-23(25)19-21-27(31)35(29)6;1-4-5-25-16-8-13(15(11-19)21-3)17(9-12(16)14(10-18)20-2)26-6-7-27-28(22,23)24/h7-21H,1-6H3;8-9H,4-7H2,1H3,(H,22,23,24)/q+1;/p-1/b;14-12-,15-13+. The number of anilines is 1. The number of likely N-dealkylation sites (N-methyl/N-ethyl adjacent to an activating group) is 1. The second-order valence-electron chi connectivity index (χ2n) is 15.9. The van der Waals surface area contributed by atoms with Crippen LogP contribution in [-0.2, 0) is 25.4 Å². The summed E-state index contributed by atoms with van der Waals surface area (Å²) in [4.78, 5) is 8.59. The Kier molecular flexibility index (Phi) is 13.2. The molecule has 2 aliphatic rings. The van der Waals surface area contributed by atoms with E-state index in [0.717, 1.165) is 0 Å². The van der Waals surface area contributed by atoms with Crippen LogP contribution >= 0.6 is 0 Å². The topological polar surface area (TPSA) is 147 Å². The quantitative estimate of drug-likeness (QED) is 0.0445. The number of benzene rings is 5. The maximum absolute atomic E-state index is 10.5. The molecule has 2 aliphatic heterocycles. The van der Waals surface area contributed by atoms with Crippen molar-refractivity contribution in [3.05, 3.63) is 153 Å². The van der Waals surface area contributed by atoms with Crippen molar-refractivity contribution in [3.63, 3.8) is 0 Å². The summed E-state index contributed by atoms with van der Waals surface area (Å²) in [7, 11) is -0.509. The van der Waals surface area contributed by atoms with Crippen LogP contribution in [0.1, 0.15) is 52.2 Å². The Hall–Kier alpha value is -7.26. The van der Waals surface area contributed by atoms with Gasteiger partial charge in [-0.25, -0.2) is 28.6 Å². The molecule has 0 fully saturated rings. The molecule has 318 valence electrons. The van der Waals surface area contributed by atoms with E-state index < -0.39 is 23.6 Å². The van der Waals surface area contributed by atoms with E-state index >= 15 is 0 Å². The fourth-order valence-corrected chi connectivity index (χ4v) is 8.85. The highest BCUT2D eigenvalue weighted by molar-refractivity contribution is 7.80. The fourth-order valence-electron chi connectivity index (χ4n) is 8.58. The third-order valence-corrected chi connectivity index (χ3v) is 11.8. The molecule has 0 atom stereocenters. The number of fused-ring (bicyclic) bond motifs is 6. The first-order valence-electron chi connectivity index (χ1n) is 20.2. The Morgan fingerprint density at radius 3 is 1.89 bits per heavy atom. The lowest BCUT2D eigenvalue weighted by atomic mass is 9.79. The molecule has 0 saturated carbocycles. The van der Waals surface area contributed by atoms with E-state index in [1.165, 1.54) is 67.6 Å². The molecule has 0 unspecified atom stereocenters. The number of nitriles is 2. The van der Waals surface area contributed by atoms with Crippen LogP contribution in [0.5, 0.6) is 11.5 Å². The molecule has 13 heteroatoms. The van der Waals surface area contributed by atoms with Gasteiger partial charge in [-0.3, -0.25) is 4.18 Å². The number of rotatable bonds is 10. The number of nitrogens with zero attached hydrogens (tertiary/aromatic N) is 6. The monoisotopic (exact) mass is 858 g/mol. The number of hydrogen-bond acceptors (Lipinski definition) is 9. The highest BCUT2D eigenvalue weighted by atomic mass is 32.3. The second-order valence-corrected chi connectivity index (χ2v) is 17.0. The predicted molar refractivity (Wildman–Crippen MR) is 244 cm³/mol. The highest BCUT2D eigenvalue weighted by Gasteiger charge is 2.44. The molecule has 12 nitrogen and oxygen atoms in total. The predicted octanol–water partition coefficient (Wildman–Crippen LogP) is 8.30. The van der Waals surface area contributed by atoms with Gasteiger partial charge >= 0.3 is 0 Å². The Balaban J connectivity index is 0.000000216. The highest BCUT2D eigenvalue weighted by Crippen LogP contribution is 2.50. The molecule has 0 spiro atoms. The van der Waals surface area contributed by atoms with Crippen molar-refractivity contribution < 1.29 is 31.2 Å². The van der Waals surface area contributed by atoms with E-state index in [9.17, 15) is 23.5 Å². The summed E-state index contributed by atoms with van der Waals surface area (Å²) in [5.41, 5.74) is 7.29. The van der Waals surface area contributed by atoms with Crippen LogP contribution < -0.4 is 24.8 Å². The van der Waals surface area contributed by atoms with Crippen molar-refractivity contribution in [2.75, 3.05) is 38.8 Å². The third-order valence-electron chi connectivity index (χ3n) is 11.4. The van der Waals surface area contributed by atoms with Gasteiger partial charge < -0.3 is 18.9 Å². The lowest BCUT2D eigenvalue weighted by Crippen LogP contribution is -2.27. The SMILES string of the molecule is CN1/C(=C\C=C\C2=[N+](C)c3ccc4ccccc4c3C2(C)C)C(C)(C)c2c1ccc1ccccc21.[C-]#[N+]/C(C#N)=c1/cc(OCCOS(=O)(=O)[O-])/c(=C(\C#N)[N+]#[C-])cc1OCCC. The minimum Gasteiger partial charge on any atom is -0.726 e. The van der Waals surface area contributed by atoms with Gasteiger partial charge in [0.1, 0.15) is 25.2 Å². The molecule has 0 radical (unpaired) electrons. The Labute approximate surface area is 368 Å². The van der Waals surface area contributed by atoms with Crippen molar-refractivity contribution in [1.29, 1.82) is 10.5 Å². The molecule has 2 heterocycles. The maximum Gasteiger partial charge on any atom is 0.272 e. The van der Waals surface area contributed by atoms with Gasteiger partial charge in [-0.2, -0.15) is 4.58 Å². The molecule has 5 aromatic rings. The average molecular weight is 859 g/mol. The Bertz CT molecular complexity index is 3140. The van der Waals surface area contributed by atoms with Crippen molar-refractivity contribution in [2.24, 2.45) is 0 Å². The second kappa shape index (κ2) is 18.4. The molecule has 7 rings (SSSR count). The van der Waals surface area contributed by atoms with Crippen molar-refractivity contribution >= 4 is 60.4 Å². The van der Waals surface area contributed by atoms with Gasteiger partial charge in [0.25, 0.3) is 11.4 Å². The van der Waals surface area contributed by atoms with Gasteiger partial charge in [0.05, 0.1) is 43.9 Å². The maximum atomic E-state index is 10.5. The van der Waals surface area contributed by atoms with Crippen LogP contribution in [0.4, 0.5) is 11.4 Å². The van der Waals surface area contributed by atoms with E-state index in [-0.39, 0.29) is 50.8 Å². The van der Waals surface area contributed by atoms with Crippen LogP contribution in [0.25, 0.3) is 42.6 Å². The fraction of sp³-hybridized carbons (Fsp3) is 0.260. The van der Waals surface area contributed by atoms with Crippen LogP contribution in [0.15, 0.2) is 109 Å². The van der Waals surface area contributed by atoms with Gasteiger partial charge in [0.15, 0.2) is 5.71 Å². The summed E-state index contributed by atoms with van der Waals surface area (Å²) in [6, 6.07) is 32.5. The molecular formula is C50H46N6O6S. The summed E-state index contributed by atoms with van der Waals surface area (Å²) < 4.78 is 48.7. The van der Waals surface area contributed by atoms with E-state index in [0.29, 0.717) is 6.42 Å². The first-order valence-corrected chi connectivity index (χ1v) is 21.5. The lowest BCUT2D eigenvalue weighted by molar-refractivity contribution is -0.401. The van der Waals surface area contributed by atoms with E-state index in [1.807, 2.05) is 6.92 Å². The first kappa shape index (κ1) is 45.3. The molecule has 0 bridgehead atoms. The summed E-state index contributed by atoms with van der Waals surface area (Å²) in [6.45, 7) is 24.8. The minimum absolute atomic E-state index is 0.0274. The number of allylic oxidation sites excluding steroid dienone is 4. The summed E-state index contributed by atoms with van der Waals surface area (Å²) in [5, 5.41) is 23.8. The zero-order valence-electron chi connectivity index (χ0n) is 36.2. The normalized spacial score (nSPS) is 16.3. The molecular weight excluding hydrogens is 813 g/mol. The smallest absolute Gasteiger partial charge is 0.272 e. The van der Waals surface area contributed by atoms with Crippen molar-refractivity contribution in [3.8, 4) is 23.6 Å². The molecule has 0 saturated heterocycles. The molecule has 5 aromatic carbocycles. The van der Waals surface area contributed by atoms with Crippen LogP contribution in [0.2, 0.25) is 0 Å². The van der Waals surface area contributed by atoms with Gasteiger partial charge in [-0.05, 0) is 77.7 Å². The van der Waals surface area contributed by atoms with E-state index in [2.05, 4.69) is 156 Å². The number of hydrogen-bond donors (Lipinski definition) is 0. The molecule has 0 aliphatic carbocycles. The third kappa shape index (κ3) is 8.91. The minimum atomic E-state index is -4.90. The van der Waals surface area contributed by atoms with Gasteiger partial charge in [0, 0.05) is 52.0 Å². The Morgan fingerprint density at radius 1 is 0.810 bits per heavy atom. The summed E-state index contributed by atoms with van der Waals surface area (Å²) in [5.74, 6) is 0.0428. The van der Waals surface area contributed by atoms with Crippen LogP contribution in [0, 0.1) is 35.8 Å². The van der Waals surface area contributed by atoms with Gasteiger partial charge in [-0.1, -0.05) is 81.4 Å². The largest absolute Gasteiger partial charge is 0.726 e. The van der Waals surface area contributed by atoms with E-state index in [4.69, 9.17) is 22.6 Å².